The number of nitrogens with zero attached hydrogens (tertiary/aromatic N) is 3. The van der Waals surface area contributed by atoms with E-state index in [1.165, 1.54) is 9.96 Å². The second-order valence-corrected chi connectivity index (χ2v) is 8.33. The van der Waals surface area contributed by atoms with Crippen molar-refractivity contribution in [2.24, 2.45) is 5.92 Å². The predicted octanol–water partition coefficient (Wildman–Crippen LogP) is 2.30. The summed E-state index contributed by atoms with van der Waals surface area (Å²) in [5, 5.41) is 3.14. The first-order valence-electron chi connectivity index (χ1n) is 10.8. The van der Waals surface area contributed by atoms with Crippen molar-refractivity contribution in [1.82, 2.24) is 10.4 Å². The summed E-state index contributed by atoms with van der Waals surface area (Å²) in [5.41, 5.74) is -0.440. The number of hydroxylamine groups is 2. The zero-order valence-corrected chi connectivity index (χ0v) is 18.7. The van der Waals surface area contributed by atoms with E-state index in [1.807, 2.05) is 19.2 Å². The van der Waals surface area contributed by atoms with Crippen molar-refractivity contribution in [2.45, 2.75) is 32.8 Å². The van der Waals surface area contributed by atoms with E-state index in [-0.39, 0.29) is 69.0 Å². The number of hydrogen-bond acceptors (Lipinski definition) is 6. The first-order valence-corrected chi connectivity index (χ1v) is 10.8. The number of benzene rings is 1. The molecule has 1 aromatic rings. The Morgan fingerprint density at radius 3 is 2.44 bits per heavy atom. The molecule has 0 aliphatic carbocycles. The predicted molar refractivity (Wildman–Crippen MR) is 112 cm³/mol. The summed E-state index contributed by atoms with van der Waals surface area (Å²) >= 11 is 0. The smallest absolute Gasteiger partial charge is 0.414 e. The van der Waals surface area contributed by atoms with Gasteiger partial charge in [0.1, 0.15) is 11.8 Å². The van der Waals surface area contributed by atoms with Gasteiger partial charge in [0.2, 0.25) is 5.91 Å². The average Bonchev–Trinajstić information content (AvgIpc) is 2.96. The van der Waals surface area contributed by atoms with Gasteiger partial charge in [-0.05, 0) is 5.92 Å². The molecule has 0 spiro atoms. The van der Waals surface area contributed by atoms with Crippen LogP contribution >= 0.6 is 0 Å². The molecule has 0 aromatic heterocycles. The molecule has 0 bridgehead atoms. The Balaban J connectivity index is 1.67. The lowest BCUT2D eigenvalue weighted by atomic mass is 10.1. The highest BCUT2D eigenvalue weighted by atomic mass is 19.3. The molecule has 9 nitrogen and oxygen atoms in total. The van der Waals surface area contributed by atoms with Crippen molar-refractivity contribution in [1.29, 1.82) is 0 Å². The molecule has 3 amide bonds. The van der Waals surface area contributed by atoms with Crippen molar-refractivity contribution in [3.05, 3.63) is 23.8 Å². The minimum Gasteiger partial charge on any atom is -0.442 e. The molecule has 34 heavy (non-hydrogen) atoms. The van der Waals surface area contributed by atoms with Crippen molar-refractivity contribution in [3.8, 4) is 0 Å². The number of hydrogen-bond donors (Lipinski definition) is 1. The summed E-state index contributed by atoms with van der Waals surface area (Å²) in [6, 6.07) is 1.93. The standard InChI is InChI=1S/C21H26F4N4O5/c1-12(2)7-17(30)29-4-3-27(5-6-33-29)18-15(22)8-13(9-16(18)23)28-11-14(34-21(28)32)10-26-20(31)19(24)25/h8-9,12,14,19H,3-7,10-11H2,1-2H3,(H,26,31)/t14-/m0/s1. The number of carbonyl (C=O) groups excluding carboxylic acids is 3. The number of rotatable bonds is 7. The largest absolute Gasteiger partial charge is 0.442 e. The first-order chi connectivity index (χ1) is 16.1. The second kappa shape index (κ2) is 10.9. The van der Waals surface area contributed by atoms with E-state index >= 15 is 0 Å². The van der Waals surface area contributed by atoms with Crippen molar-refractivity contribution < 1.29 is 41.5 Å². The van der Waals surface area contributed by atoms with Crippen LogP contribution in [0.3, 0.4) is 0 Å². The van der Waals surface area contributed by atoms with Gasteiger partial charge in [-0.25, -0.2) is 18.6 Å². The molecule has 1 N–H and O–H groups in total. The first kappa shape index (κ1) is 25.5. The fourth-order valence-electron chi connectivity index (χ4n) is 3.66. The van der Waals surface area contributed by atoms with Gasteiger partial charge < -0.3 is 15.0 Å². The zero-order valence-electron chi connectivity index (χ0n) is 18.7. The second-order valence-electron chi connectivity index (χ2n) is 8.33. The molecule has 2 aliphatic rings. The van der Waals surface area contributed by atoms with E-state index in [1.54, 1.807) is 0 Å². The summed E-state index contributed by atoms with van der Waals surface area (Å²) in [4.78, 5) is 43.1. The maximum absolute atomic E-state index is 15.0. The van der Waals surface area contributed by atoms with Gasteiger partial charge in [-0.3, -0.25) is 19.3 Å². The maximum Gasteiger partial charge on any atom is 0.414 e. The number of nitrogens with one attached hydrogen (secondary N) is 1. The SMILES string of the molecule is CC(C)CC(=O)N1CCN(c2c(F)cc(N3C[C@H](CNC(=O)C(F)F)OC3=O)cc2F)CCO1. The summed E-state index contributed by atoms with van der Waals surface area (Å²) in [5.74, 6) is -3.45. The highest BCUT2D eigenvalue weighted by Crippen LogP contribution is 2.31. The minimum absolute atomic E-state index is 0.0505. The van der Waals surface area contributed by atoms with Gasteiger partial charge in [-0.2, -0.15) is 8.78 Å². The Kier molecular flexibility index (Phi) is 8.18. The van der Waals surface area contributed by atoms with Gasteiger partial charge in [0.25, 0.3) is 5.91 Å². The molecule has 1 aromatic carbocycles. The number of alkyl halides is 2. The number of anilines is 2. The van der Waals surface area contributed by atoms with E-state index in [0.29, 0.717) is 0 Å². The summed E-state index contributed by atoms with van der Waals surface area (Å²) in [7, 11) is 0. The van der Waals surface area contributed by atoms with Gasteiger partial charge in [-0.1, -0.05) is 13.8 Å². The normalized spacial score (nSPS) is 19.0. The Morgan fingerprint density at radius 1 is 1.15 bits per heavy atom. The quantitative estimate of drug-likeness (QED) is 0.590. The molecule has 2 aliphatic heterocycles. The van der Waals surface area contributed by atoms with Gasteiger partial charge in [0.15, 0.2) is 11.6 Å². The molecule has 13 heteroatoms. The van der Waals surface area contributed by atoms with E-state index < -0.39 is 36.2 Å². The lowest BCUT2D eigenvalue weighted by Crippen LogP contribution is -2.37. The van der Waals surface area contributed by atoms with Crippen molar-refractivity contribution >= 4 is 29.3 Å². The summed E-state index contributed by atoms with van der Waals surface area (Å²) in [6.45, 7) is 3.67. The molecular formula is C21H26F4N4O5. The molecule has 0 radical (unpaired) electrons. The third kappa shape index (κ3) is 6.07. The lowest BCUT2D eigenvalue weighted by molar-refractivity contribution is -0.182. The Labute approximate surface area is 193 Å². The van der Waals surface area contributed by atoms with Crippen LogP contribution in [0.5, 0.6) is 0 Å². The zero-order chi connectivity index (χ0) is 25.0. The molecule has 1 atom stereocenters. The molecule has 188 valence electrons. The molecular weight excluding hydrogens is 464 g/mol. The molecule has 3 rings (SSSR count). The maximum atomic E-state index is 15.0. The van der Waals surface area contributed by atoms with Crippen LogP contribution in [0.2, 0.25) is 0 Å². The number of halogens is 4. The lowest BCUT2D eigenvalue weighted by Gasteiger charge is -2.24. The average molecular weight is 490 g/mol. The van der Waals surface area contributed by atoms with Gasteiger partial charge in [0.05, 0.1) is 31.9 Å². The highest BCUT2D eigenvalue weighted by molar-refractivity contribution is 5.90. The van der Waals surface area contributed by atoms with Crippen LogP contribution in [-0.2, 0) is 19.2 Å². The van der Waals surface area contributed by atoms with E-state index in [2.05, 4.69) is 0 Å². The van der Waals surface area contributed by atoms with E-state index in [9.17, 15) is 31.9 Å². The van der Waals surface area contributed by atoms with Crippen LogP contribution in [0.25, 0.3) is 0 Å². The summed E-state index contributed by atoms with van der Waals surface area (Å²) in [6.07, 6.45) is -4.81. The van der Waals surface area contributed by atoms with Crippen LogP contribution in [0, 0.1) is 17.6 Å². The third-order valence-corrected chi connectivity index (χ3v) is 5.25. The minimum atomic E-state index is -3.21. The molecule has 2 heterocycles. The Bertz CT molecular complexity index is 909. The van der Waals surface area contributed by atoms with Gasteiger partial charge >= 0.3 is 12.5 Å². The fraction of sp³-hybridized carbons (Fsp3) is 0.571. The Hall–Kier alpha value is -3.09. The molecule has 2 fully saturated rings. The third-order valence-electron chi connectivity index (χ3n) is 5.25. The van der Waals surface area contributed by atoms with Crippen LogP contribution in [0.4, 0.5) is 33.7 Å². The monoisotopic (exact) mass is 490 g/mol. The number of amides is 3. The van der Waals surface area contributed by atoms with Crippen molar-refractivity contribution in [2.75, 3.05) is 49.1 Å². The fourth-order valence-corrected chi connectivity index (χ4v) is 3.66. The van der Waals surface area contributed by atoms with Crippen LogP contribution in [0.15, 0.2) is 12.1 Å². The van der Waals surface area contributed by atoms with Crippen LogP contribution in [-0.4, -0.2) is 74.8 Å². The summed E-state index contributed by atoms with van der Waals surface area (Å²) < 4.78 is 59.5. The van der Waals surface area contributed by atoms with Crippen LogP contribution < -0.4 is 15.1 Å². The molecule has 0 saturated carbocycles. The van der Waals surface area contributed by atoms with Crippen LogP contribution in [0.1, 0.15) is 20.3 Å². The molecule has 0 unspecified atom stereocenters. The number of ether oxygens (including phenoxy) is 1. The highest BCUT2D eigenvalue weighted by Gasteiger charge is 2.34. The van der Waals surface area contributed by atoms with E-state index in [0.717, 1.165) is 17.0 Å². The van der Waals surface area contributed by atoms with Crippen molar-refractivity contribution in [3.63, 3.8) is 0 Å². The Morgan fingerprint density at radius 2 is 1.82 bits per heavy atom. The molecule has 2 saturated heterocycles. The van der Waals surface area contributed by atoms with Gasteiger partial charge in [0, 0.05) is 31.6 Å². The number of carbonyl (C=O) groups is 3. The van der Waals surface area contributed by atoms with Gasteiger partial charge in [-0.15, -0.1) is 0 Å². The topological polar surface area (TPSA) is 91.4 Å². The van der Waals surface area contributed by atoms with E-state index in [4.69, 9.17) is 9.57 Å². The number of cyclic esters (lactones) is 1.